The number of anilines is 1. The summed E-state index contributed by atoms with van der Waals surface area (Å²) >= 11 is 0. The van der Waals surface area contributed by atoms with Gasteiger partial charge in [0.05, 0.1) is 4.92 Å². The third-order valence-corrected chi connectivity index (χ3v) is 4.46. The van der Waals surface area contributed by atoms with Gasteiger partial charge in [-0.2, -0.15) is 0 Å². The summed E-state index contributed by atoms with van der Waals surface area (Å²) in [6.45, 7) is 1.45. The zero-order chi connectivity index (χ0) is 16.4. The van der Waals surface area contributed by atoms with Crippen LogP contribution in [0.25, 0.3) is 0 Å². The van der Waals surface area contributed by atoms with Crippen molar-refractivity contribution in [3.63, 3.8) is 0 Å². The van der Waals surface area contributed by atoms with Gasteiger partial charge >= 0.3 is 0 Å². The number of likely N-dealkylation sites (tertiary alicyclic amines) is 1. The number of hydrogen-bond acceptors (Lipinski definition) is 5. The molecule has 1 amide bonds. The summed E-state index contributed by atoms with van der Waals surface area (Å²) in [6, 6.07) is 5.24. The molecule has 0 aromatic heterocycles. The molecule has 0 bridgehead atoms. The molecule has 1 aromatic carbocycles. The highest BCUT2D eigenvalue weighted by Gasteiger charge is 2.31. The van der Waals surface area contributed by atoms with Crippen LogP contribution in [0.4, 0.5) is 11.4 Å². The monoisotopic (exact) mass is 318 g/mol. The van der Waals surface area contributed by atoms with Gasteiger partial charge in [0.15, 0.2) is 0 Å². The van der Waals surface area contributed by atoms with E-state index in [9.17, 15) is 14.9 Å². The second kappa shape index (κ2) is 6.54. The molecule has 1 atom stereocenters. The van der Waals surface area contributed by atoms with Crippen LogP contribution in [-0.2, 0) is 0 Å². The third kappa shape index (κ3) is 3.44. The first-order valence-electron chi connectivity index (χ1n) is 8.10. The molecule has 0 spiro atoms. The maximum atomic E-state index is 12.7. The highest BCUT2D eigenvalue weighted by atomic mass is 16.6. The van der Waals surface area contributed by atoms with Crippen molar-refractivity contribution in [2.24, 2.45) is 0 Å². The minimum atomic E-state index is -0.420. The van der Waals surface area contributed by atoms with E-state index in [0.29, 0.717) is 23.8 Å². The number of carbonyl (C=O) groups excluding carboxylic acids is 1. The highest BCUT2D eigenvalue weighted by Crippen LogP contribution is 2.32. The molecule has 1 saturated heterocycles. The van der Waals surface area contributed by atoms with E-state index in [0.717, 1.165) is 32.2 Å². The first-order chi connectivity index (χ1) is 11.1. The normalized spacial score (nSPS) is 20.6. The van der Waals surface area contributed by atoms with Crippen molar-refractivity contribution in [1.82, 2.24) is 10.2 Å². The van der Waals surface area contributed by atoms with Crippen LogP contribution in [0.3, 0.4) is 0 Å². The van der Waals surface area contributed by atoms with Crippen LogP contribution in [-0.4, -0.2) is 48.0 Å². The van der Waals surface area contributed by atoms with Gasteiger partial charge in [0.1, 0.15) is 5.69 Å². The fraction of sp³-hybridized carbons (Fsp3) is 0.562. The van der Waals surface area contributed by atoms with Gasteiger partial charge in [0.25, 0.3) is 11.6 Å². The first-order valence-corrected chi connectivity index (χ1v) is 8.10. The summed E-state index contributed by atoms with van der Waals surface area (Å²) < 4.78 is 0. The number of nitro benzene ring substituents is 1. The Morgan fingerprint density at radius 2 is 2.17 bits per heavy atom. The summed E-state index contributed by atoms with van der Waals surface area (Å²) in [4.78, 5) is 25.4. The summed E-state index contributed by atoms with van der Waals surface area (Å²) in [5, 5.41) is 17.6. The van der Waals surface area contributed by atoms with Gasteiger partial charge in [-0.25, -0.2) is 0 Å². The summed E-state index contributed by atoms with van der Waals surface area (Å²) in [5.41, 5.74) is 0.871. The van der Waals surface area contributed by atoms with Crippen molar-refractivity contribution in [1.29, 1.82) is 0 Å². The number of nitrogens with zero attached hydrogens (tertiary/aromatic N) is 2. The lowest BCUT2D eigenvalue weighted by Crippen LogP contribution is -2.40. The molecule has 1 aliphatic heterocycles. The number of nitro groups is 1. The highest BCUT2D eigenvalue weighted by molar-refractivity contribution is 5.96. The molecular weight excluding hydrogens is 296 g/mol. The van der Waals surface area contributed by atoms with Crippen molar-refractivity contribution < 1.29 is 9.72 Å². The molecule has 23 heavy (non-hydrogen) atoms. The van der Waals surface area contributed by atoms with Crippen molar-refractivity contribution in [2.75, 3.05) is 25.5 Å². The van der Waals surface area contributed by atoms with E-state index in [4.69, 9.17) is 0 Å². The summed E-state index contributed by atoms with van der Waals surface area (Å²) in [6.07, 6.45) is 4.02. The van der Waals surface area contributed by atoms with Crippen LogP contribution >= 0.6 is 0 Å². The number of likely N-dealkylation sites (N-methyl/N-ethyl adjacent to an activating group) is 1. The molecule has 3 rings (SSSR count). The zero-order valence-electron chi connectivity index (χ0n) is 13.2. The Hall–Kier alpha value is -2.15. The molecule has 0 radical (unpaired) electrons. The standard InChI is InChI=1S/C16H22N4O3/c1-17-10-13-3-2-8-19(13)16(21)11-4-7-14(18-12-5-6-12)15(9-11)20(22)23/h4,7,9,12-13,17-18H,2-3,5-6,8,10H2,1H3. The quantitative estimate of drug-likeness (QED) is 0.619. The Morgan fingerprint density at radius 3 is 2.83 bits per heavy atom. The first kappa shape index (κ1) is 15.7. The van der Waals surface area contributed by atoms with Gasteiger partial charge in [-0.15, -0.1) is 0 Å². The second-order valence-electron chi connectivity index (χ2n) is 6.26. The third-order valence-electron chi connectivity index (χ3n) is 4.46. The number of rotatable bonds is 6. The fourth-order valence-electron chi connectivity index (χ4n) is 3.10. The predicted octanol–water partition coefficient (Wildman–Crippen LogP) is 1.99. The number of amides is 1. The van der Waals surface area contributed by atoms with Crippen LogP contribution in [0.2, 0.25) is 0 Å². The summed E-state index contributed by atoms with van der Waals surface area (Å²) in [5.74, 6) is -0.121. The van der Waals surface area contributed by atoms with E-state index in [1.54, 1.807) is 12.1 Å². The van der Waals surface area contributed by atoms with Gasteiger partial charge in [-0.1, -0.05) is 0 Å². The van der Waals surface area contributed by atoms with E-state index >= 15 is 0 Å². The minimum absolute atomic E-state index is 0.0212. The van der Waals surface area contributed by atoms with Gasteiger partial charge in [0.2, 0.25) is 0 Å². The maximum Gasteiger partial charge on any atom is 0.293 e. The number of carbonyl (C=O) groups is 1. The van der Waals surface area contributed by atoms with E-state index in [2.05, 4.69) is 10.6 Å². The van der Waals surface area contributed by atoms with Crippen LogP contribution in [0.5, 0.6) is 0 Å². The SMILES string of the molecule is CNCC1CCCN1C(=O)c1ccc(NC2CC2)c([N+](=O)[O-])c1. The van der Waals surface area contributed by atoms with Crippen molar-refractivity contribution in [2.45, 2.75) is 37.8 Å². The van der Waals surface area contributed by atoms with Crippen molar-refractivity contribution >= 4 is 17.3 Å². The van der Waals surface area contributed by atoms with E-state index in [1.807, 2.05) is 11.9 Å². The number of nitrogens with one attached hydrogen (secondary N) is 2. The van der Waals surface area contributed by atoms with Crippen LogP contribution in [0.15, 0.2) is 18.2 Å². The van der Waals surface area contributed by atoms with Gasteiger partial charge < -0.3 is 15.5 Å². The van der Waals surface area contributed by atoms with Crippen molar-refractivity contribution in [3.05, 3.63) is 33.9 Å². The van der Waals surface area contributed by atoms with Gasteiger partial charge in [-0.3, -0.25) is 14.9 Å². The molecule has 2 aliphatic rings. The summed E-state index contributed by atoms with van der Waals surface area (Å²) in [7, 11) is 1.87. The number of benzene rings is 1. The second-order valence-corrected chi connectivity index (χ2v) is 6.26. The fourth-order valence-corrected chi connectivity index (χ4v) is 3.10. The molecule has 2 N–H and O–H groups in total. The topological polar surface area (TPSA) is 87.5 Å². The molecule has 1 aromatic rings. The molecule has 1 heterocycles. The molecule has 2 fully saturated rings. The Kier molecular flexibility index (Phi) is 4.47. The van der Waals surface area contributed by atoms with E-state index < -0.39 is 4.92 Å². The van der Waals surface area contributed by atoms with Crippen LogP contribution in [0, 0.1) is 10.1 Å². The number of hydrogen-bond donors (Lipinski definition) is 2. The smallest absolute Gasteiger partial charge is 0.293 e. The lowest BCUT2D eigenvalue weighted by Gasteiger charge is -2.24. The maximum absolute atomic E-state index is 12.7. The average molecular weight is 318 g/mol. The molecule has 7 heteroatoms. The molecule has 1 unspecified atom stereocenters. The average Bonchev–Trinajstić information content (AvgIpc) is 3.23. The minimum Gasteiger partial charge on any atom is -0.377 e. The Morgan fingerprint density at radius 1 is 1.39 bits per heavy atom. The molecule has 7 nitrogen and oxygen atoms in total. The predicted molar refractivity (Wildman–Crippen MR) is 87.7 cm³/mol. The lowest BCUT2D eigenvalue weighted by molar-refractivity contribution is -0.384. The van der Waals surface area contributed by atoms with Crippen LogP contribution in [0.1, 0.15) is 36.0 Å². The Balaban J connectivity index is 1.82. The Labute approximate surface area is 135 Å². The van der Waals surface area contributed by atoms with E-state index in [1.165, 1.54) is 6.07 Å². The van der Waals surface area contributed by atoms with Gasteiger partial charge in [0, 0.05) is 36.8 Å². The van der Waals surface area contributed by atoms with E-state index in [-0.39, 0.29) is 17.6 Å². The lowest BCUT2D eigenvalue weighted by atomic mass is 10.1. The van der Waals surface area contributed by atoms with Crippen molar-refractivity contribution in [3.8, 4) is 0 Å². The molecule has 124 valence electrons. The molecule has 1 aliphatic carbocycles. The zero-order valence-corrected chi connectivity index (χ0v) is 13.2. The molecule has 1 saturated carbocycles. The largest absolute Gasteiger partial charge is 0.377 e. The molecular formula is C16H22N4O3. The van der Waals surface area contributed by atoms with Gasteiger partial charge in [-0.05, 0) is 44.9 Å². The van der Waals surface area contributed by atoms with Crippen LogP contribution < -0.4 is 10.6 Å². The Bertz CT molecular complexity index is 615.